The molecule has 0 saturated carbocycles. The minimum absolute atomic E-state index is 0.0479. The van der Waals surface area contributed by atoms with Gasteiger partial charge in [0, 0.05) is 19.3 Å². The van der Waals surface area contributed by atoms with Gasteiger partial charge in [-0.2, -0.15) is 0 Å². The summed E-state index contributed by atoms with van der Waals surface area (Å²) in [6.45, 7) is 5.84. The zero-order valence-electron chi connectivity index (χ0n) is 50.4. The normalized spacial score (nSPS) is 18.2. The number of carboxylic acid groups (broad SMARTS) is 1. The van der Waals surface area contributed by atoms with Crippen LogP contribution in [-0.4, -0.2) is 89.2 Å². The predicted molar refractivity (Wildman–Crippen MR) is 322 cm³/mol. The predicted octanol–water partition coefficient (Wildman–Crippen LogP) is 17.1. The molecule has 12 heteroatoms. The first-order valence-corrected chi connectivity index (χ1v) is 32.3. The summed E-state index contributed by atoms with van der Waals surface area (Å²) in [5, 5.41) is 31.6. The molecule has 1 fully saturated rings. The van der Waals surface area contributed by atoms with Crippen molar-refractivity contribution >= 4 is 23.9 Å². The van der Waals surface area contributed by atoms with E-state index in [1.807, 2.05) is 0 Å². The van der Waals surface area contributed by atoms with Crippen LogP contribution in [0.25, 0.3) is 0 Å². The Kier molecular flexibility index (Phi) is 51.1. The quantitative estimate of drug-likeness (QED) is 0.0228. The lowest BCUT2D eigenvalue weighted by Crippen LogP contribution is -2.61. The molecule has 0 radical (unpaired) electrons. The Labute approximate surface area is 481 Å². The lowest BCUT2D eigenvalue weighted by atomic mass is 9.98. The highest BCUT2D eigenvalue weighted by Gasteiger charge is 2.50. The van der Waals surface area contributed by atoms with Gasteiger partial charge in [0.25, 0.3) is 0 Å². The molecule has 6 unspecified atom stereocenters. The highest BCUT2D eigenvalue weighted by atomic mass is 16.7. The molecule has 0 bridgehead atoms. The Morgan fingerprint density at radius 1 is 0.430 bits per heavy atom. The third-order valence-electron chi connectivity index (χ3n) is 14.6. The summed E-state index contributed by atoms with van der Waals surface area (Å²) in [5.74, 6) is -3.13. The van der Waals surface area contributed by atoms with Gasteiger partial charge < -0.3 is 39.0 Å². The zero-order chi connectivity index (χ0) is 57.5. The van der Waals surface area contributed by atoms with Crippen molar-refractivity contribution in [3.63, 3.8) is 0 Å². The minimum Gasteiger partial charge on any atom is -0.479 e. The fraction of sp³-hybridized carbons (Fsp3) is 0.791. The van der Waals surface area contributed by atoms with Crippen molar-refractivity contribution in [2.24, 2.45) is 0 Å². The molecule has 79 heavy (non-hydrogen) atoms. The first-order chi connectivity index (χ1) is 38.6. The molecule has 12 nitrogen and oxygen atoms in total. The van der Waals surface area contributed by atoms with Crippen LogP contribution in [0.2, 0.25) is 0 Å². The van der Waals surface area contributed by atoms with Gasteiger partial charge in [0.05, 0.1) is 6.61 Å². The van der Waals surface area contributed by atoms with Gasteiger partial charge in [-0.1, -0.05) is 255 Å². The van der Waals surface area contributed by atoms with E-state index in [0.29, 0.717) is 19.3 Å². The third kappa shape index (κ3) is 44.7. The van der Waals surface area contributed by atoms with E-state index in [4.69, 9.17) is 23.7 Å². The van der Waals surface area contributed by atoms with E-state index in [9.17, 15) is 34.5 Å². The summed E-state index contributed by atoms with van der Waals surface area (Å²) in [6.07, 6.45) is 56.1. The Morgan fingerprint density at radius 2 is 0.823 bits per heavy atom. The number of ether oxygens (including phenoxy) is 5. The van der Waals surface area contributed by atoms with Crippen LogP contribution in [0.5, 0.6) is 0 Å². The number of hydrogen-bond donors (Lipinski definition) is 3. The van der Waals surface area contributed by atoms with Crippen LogP contribution in [-0.2, 0) is 42.9 Å². The molecule has 6 atom stereocenters. The highest BCUT2D eigenvalue weighted by Crippen LogP contribution is 2.27. The van der Waals surface area contributed by atoms with Crippen molar-refractivity contribution in [3.8, 4) is 0 Å². The molecule has 0 aromatic rings. The number of carbonyl (C=O) groups is 4. The Balaban J connectivity index is 2.64. The molecule has 1 saturated heterocycles. The minimum atomic E-state index is -1.91. The molecular formula is C67H116O12. The molecule has 1 rings (SSSR count). The molecule has 456 valence electrons. The molecule has 0 aromatic heterocycles. The zero-order valence-corrected chi connectivity index (χ0v) is 50.4. The molecule has 0 spiro atoms. The Morgan fingerprint density at radius 3 is 1.27 bits per heavy atom. The second-order valence-corrected chi connectivity index (χ2v) is 22.0. The maximum absolute atomic E-state index is 13.2. The monoisotopic (exact) mass is 1110 g/mol. The van der Waals surface area contributed by atoms with Gasteiger partial charge in [0.2, 0.25) is 0 Å². The second-order valence-electron chi connectivity index (χ2n) is 22.0. The third-order valence-corrected chi connectivity index (χ3v) is 14.6. The second kappa shape index (κ2) is 55.0. The summed E-state index contributed by atoms with van der Waals surface area (Å²) in [5.41, 5.74) is 0. The van der Waals surface area contributed by atoms with E-state index in [2.05, 4.69) is 81.5 Å². The summed E-state index contributed by atoms with van der Waals surface area (Å²) in [6, 6.07) is 0. The van der Waals surface area contributed by atoms with Crippen molar-refractivity contribution < 1.29 is 58.2 Å². The van der Waals surface area contributed by atoms with E-state index < -0.39 is 67.3 Å². The summed E-state index contributed by atoms with van der Waals surface area (Å²) >= 11 is 0. The number of aliphatic hydroxyl groups is 2. The number of hydrogen-bond acceptors (Lipinski definition) is 11. The van der Waals surface area contributed by atoms with E-state index in [1.165, 1.54) is 96.3 Å². The molecule has 0 aliphatic carbocycles. The molecule has 0 aromatic carbocycles. The Bertz CT molecular complexity index is 1600. The number of rotatable bonds is 55. The van der Waals surface area contributed by atoms with Crippen molar-refractivity contribution in [1.29, 1.82) is 0 Å². The number of esters is 3. The first kappa shape index (κ1) is 73.4. The number of unbranched alkanes of at least 4 members (excludes halogenated alkanes) is 31. The molecule has 0 amide bonds. The maximum Gasteiger partial charge on any atom is 0.335 e. The van der Waals surface area contributed by atoms with Crippen LogP contribution >= 0.6 is 0 Å². The van der Waals surface area contributed by atoms with E-state index in [1.54, 1.807) is 0 Å². The van der Waals surface area contributed by atoms with Gasteiger partial charge in [-0.25, -0.2) is 4.79 Å². The lowest BCUT2D eigenvalue weighted by molar-refractivity contribution is -0.301. The number of aliphatic carboxylic acids is 1. The lowest BCUT2D eigenvalue weighted by Gasteiger charge is -2.40. The van der Waals surface area contributed by atoms with Crippen molar-refractivity contribution in [2.75, 3.05) is 13.2 Å². The van der Waals surface area contributed by atoms with Crippen LogP contribution in [0.3, 0.4) is 0 Å². The summed E-state index contributed by atoms with van der Waals surface area (Å²) in [7, 11) is 0. The molecule has 3 N–H and O–H groups in total. The maximum atomic E-state index is 13.2. The summed E-state index contributed by atoms with van der Waals surface area (Å²) < 4.78 is 28.5. The standard InChI is InChI=1S/C67H116O12/c1-4-7-10-13-16-19-22-25-27-29-30-32-33-36-38-41-44-47-50-53-59(68)75-56-58(77-60(69)54-51-48-45-42-39-35-24-21-18-15-12-9-6-3)57-76-67-65(63(72)62(71)64(79-67)66(73)74)78-61(70)55-52-49-46-43-40-37-34-31-28-26-23-20-17-14-11-8-5-2/h8,11-12,15,17,20-21,24,26,28,58,62-65,67,71-72H,4-7,9-10,13-14,16,18-19,22-23,25,27,29-57H2,1-3H3,(H,73,74)/b11-8-,15-12-,20-17-,24-21-,28-26-. The van der Waals surface area contributed by atoms with E-state index in [-0.39, 0.29) is 25.9 Å². The molecule has 1 heterocycles. The van der Waals surface area contributed by atoms with Crippen molar-refractivity contribution in [1.82, 2.24) is 0 Å². The average molecular weight is 1110 g/mol. The average Bonchev–Trinajstić information content (AvgIpc) is 3.46. The molecular weight excluding hydrogens is 997 g/mol. The smallest absolute Gasteiger partial charge is 0.335 e. The van der Waals surface area contributed by atoms with Gasteiger partial charge in [0.15, 0.2) is 24.6 Å². The van der Waals surface area contributed by atoms with Crippen molar-refractivity contribution in [3.05, 3.63) is 60.8 Å². The van der Waals surface area contributed by atoms with Crippen LogP contribution in [0, 0.1) is 0 Å². The highest BCUT2D eigenvalue weighted by molar-refractivity contribution is 5.74. The van der Waals surface area contributed by atoms with E-state index >= 15 is 0 Å². The van der Waals surface area contributed by atoms with Crippen molar-refractivity contribution in [2.45, 2.75) is 327 Å². The number of carboxylic acids is 1. The molecule has 1 aliphatic heterocycles. The van der Waals surface area contributed by atoms with Crippen LogP contribution < -0.4 is 0 Å². The fourth-order valence-electron chi connectivity index (χ4n) is 9.66. The van der Waals surface area contributed by atoms with E-state index in [0.717, 1.165) is 135 Å². The van der Waals surface area contributed by atoms with Crippen LogP contribution in [0.4, 0.5) is 0 Å². The van der Waals surface area contributed by atoms with Gasteiger partial charge in [-0.05, 0) is 77.0 Å². The number of aliphatic hydroxyl groups excluding tert-OH is 2. The van der Waals surface area contributed by atoms with Gasteiger partial charge >= 0.3 is 23.9 Å². The topological polar surface area (TPSA) is 175 Å². The largest absolute Gasteiger partial charge is 0.479 e. The van der Waals surface area contributed by atoms with Gasteiger partial charge in [-0.3, -0.25) is 14.4 Å². The van der Waals surface area contributed by atoms with Gasteiger partial charge in [-0.15, -0.1) is 0 Å². The fourth-order valence-corrected chi connectivity index (χ4v) is 9.66. The summed E-state index contributed by atoms with van der Waals surface area (Å²) in [4.78, 5) is 51.3. The van der Waals surface area contributed by atoms with Gasteiger partial charge in [0.1, 0.15) is 18.8 Å². The molecule has 1 aliphatic rings. The SMILES string of the molecule is CC/C=C\C/C=C\C/C=C\CCCCCCCCCC(=O)OC1C(OCC(COC(=O)CCCCCCCCCCCCCCCCCCCCC)OC(=O)CCCCCCC/C=C\C/C=C\CCC)OC(C(=O)O)C(O)C1O. The Hall–Kier alpha value is -3.58. The van der Waals surface area contributed by atoms with Crippen LogP contribution in [0.15, 0.2) is 60.8 Å². The van der Waals surface area contributed by atoms with Crippen LogP contribution in [0.1, 0.15) is 290 Å². The number of allylic oxidation sites excluding steroid dienone is 10. The first-order valence-electron chi connectivity index (χ1n) is 32.3. The number of carbonyl (C=O) groups excluding carboxylic acids is 3.